The van der Waals surface area contributed by atoms with E-state index >= 15 is 0 Å². The highest BCUT2D eigenvalue weighted by molar-refractivity contribution is 7.88. The Morgan fingerprint density at radius 3 is 2.41 bits per heavy atom. The molecular formula is C22H33N3O3S. The van der Waals surface area contributed by atoms with E-state index in [1.54, 1.807) is 6.08 Å². The summed E-state index contributed by atoms with van der Waals surface area (Å²) >= 11 is 0. The summed E-state index contributed by atoms with van der Waals surface area (Å²) in [5, 5.41) is 3.70. The number of hydrogen-bond donors (Lipinski definition) is 1. The number of hydrogen-bond acceptors (Lipinski definition) is 5. The van der Waals surface area contributed by atoms with Crippen LogP contribution in [-0.2, 0) is 21.4 Å². The number of likely N-dealkylation sites (N-methyl/N-ethyl adjacent to an activating group) is 1. The summed E-state index contributed by atoms with van der Waals surface area (Å²) in [6.45, 7) is 6.70. The van der Waals surface area contributed by atoms with Crippen molar-refractivity contribution < 1.29 is 13.2 Å². The monoisotopic (exact) mass is 419 g/mol. The molecule has 1 aliphatic heterocycles. The number of likely N-dealkylation sites (tertiary alicyclic amines) is 1. The van der Waals surface area contributed by atoms with Gasteiger partial charge in [0.05, 0.1) is 6.26 Å². The molecule has 160 valence electrons. The molecule has 1 heterocycles. The average molecular weight is 420 g/mol. The van der Waals surface area contributed by atoms with Gasteiger partial charge in [0, 0.05) is 25.7 Å². The van der Waals surface area contributed by atoms with E-state index in [1.165, 1.54) is 37.9 Å². The lowest BCUT2D eigenvalue weighted by molar-refractivity contribution is -0.120. The molecule has 2 fully saturated rings. The quantitative estimate of drug-likeness (QED) is 0.655. The summed E-state index contributed by atoms with van der Waals surface area (Å²) in [5.74, 6) is 1.12. The number of carbonyl (C=O) groups excluding carboxylic acids is 1. The number of piperidine rings is 1. The van der Waals surface area contributed by atoms with E-state index in [0.29, 0.717) is 0 Å². The molecule has 2 aliphatic rings. The van der Waals surface area contributed by atoms with Crippen molar-refractivity contribution in [2.24, 2.45) is 11.8 Å². The standard InChI is InChI=1S/C22H33N3O3S/c1-17-14-21(17)23-15-19-10-12-25(13-11-19)16-20-6-4-18(5-7-20)8-9-22(26)24(2)29(3,27)28/h4-9,17,19,21,23H,10-16H2,1-3H3/b9-8+/t17-,21-/m1/s1. The zero-order valence-electron chi connectivity index (χ0n) is 17.7. The highest BCUT2D eigenvalue weighted by Gasteiger charge is 2.32. The van der Waals surface area contributed by atoms with E-state index in [9.17, 15) is 13.2 Å². The van der Waals surface area contributed by atoms with Crippen LogP contribution < -0.4 is 5.32 Å². The molecule has 1 amide bonds. The molecule has 0 bridgehead atoms. The van der Waals surface area contributed by atoms with Crippen molar-refractivity contribution in [1.29, 1.82) is 0 Å². The maximum absolute atomic E-state index is 11.9. The van der Waals surface area contributed by atoms with Crippen LogP contribution in [0.1, 0.15) is 37.3 Å². The van der Waals surface area contributed by atoms with Gasteiger partial charge in [0.1, 0.15) is 0 Å². The lowest BCUT2D eigenvalue weighted by atomic mass is 9.96. The predicted molar refractivity (Wildman–Crippen MR) is 117 cm³/mol. The third-order valence-corrected chi connectivity index (χ3v) is 7.27. The van der Waals surface area contributed by atoms with Crippen molar-refractivity contribution in [3.63, 3.8) is 0 Å². The fourth-order valence-electron chi connectivity index (χ4n) is 3.70. The normalized spacial score (nSPS) is 23.4. The molecule has 2 atom stereocenters. The van der Waals surface area contributed by atoms with Crippen molar-refractivity contribution in [2.45, 2.75) is 38.8 Å². The van der Waals surface area contributed by atoms with E-state index in [1.807, 2.05) is 12.1 Å². The number of amides is 1. The van der Waals surface area contributed by atoms with E-state index in [-0.39, 0.29) is 0 Å². The van der Waals surface area contributed by atoms with Crippen LogP contribution >= 0.6 is 0 Å². The van der Waals surface area contributed by atoms with Crippen LogP contribution in [0.2, 0.25) is 0 Å². The van der Waals surface area contributed by atoms with Gasteiger partial charge in [0.25, 0.3) is 5.91 Å². The van der Waals surface area contributed by atoms with Gasteiger partial charge in [-0.15, -0.1) is 0 Å². The first-order chi connectivity index (χ1) is 13.7. The minimum atomic E-state index is -3.52. The van der Waals surface area contributed by atoms with Gasteiger partial charge in [0.2, 0.25) is 10.0 Å². The topological polar surface area (TPSA) is 69.7 Å². The van der Waals surface area contributed by atoms with Crippen molar-refractivity contribution >= 4 is 22.0 Å². The Kier molecular flexibility index (Phi) is 7.14. The molecule has 6 nitrogen and oxygen atoms in total. The molecule has 0 spiro atoms. The molecule has 1 aliphatic carbocycles. The van der Waals surface area contributed by atoms with Crippen molar-refractivity contribution in [3.8, 4) is 0 Å². The fourth-order valence-corrected chi connectivity index (χ4v) is 4.09. The van der Waals surface area contributed by atoms with Crippen LogP contribution in [0.15, 0.2) is 30.3 Å². The minimum absolute atomic E-state index is 0.551. The van der Waals surface area contributed by atoms with E-state index in [0.717, 1.165) is 60.2 Å². The van der Waals surface area contributed by atoms with Gasteiger partial charge < -0.3 is 5.32 Å². The molecule has 29 heavy (non-hydrogen) atoms. The largest absolute Gasteiger partial charge is 0.313 e. The zero-order chi connectivity index (χ0) is 21.0. The summed E-state index contributed by atoms with van der Waals surface area (Å²) in [5.41, 5.74) is 2.13. The van der Waals surface area contributed by atoms with Gasteiger partial charge in [0.15, 0.2) is 0 Å². The van der Waals surface area contributed by atoms with Gasteiger partial charge in [-0.3, -0.25) is 9.69 Å². The lowest BCUT2D eigenvalue weighted by Gasteiger charge is -2.32. The molecule has 1 saturated carbocycles. The molecular weight excluding hydrogens is 386 g/mol. The molecule has 1 aromatic carbocycles. The van der Waals surface area contributed by atoms with Gasteiger partial charge in [-0.25, -0.2) is 12.7 Å². The average Bonchev–Trinajstić information content (AvgIpc) is 3.40. The van der Waals surface area contributed by atoms with Crippen LogP contribution in [-0.4, -0.2) is 62.5 Å². The van der Waals surface area contributed by atoms with Crippen molar-refractivity contribution in [2.75, 3.05) is 32.9 Å². The number of rotatable bonds is 8. The Hall–Kier alpha value is -1.70. The first-order valence-electron chi connectivity index (χ1n) is 10.4. The summed E-state index contributed by atoms with van der Waals surface area (Å²) < 4.78 is 23.5. The summed E-state index contributed by atoms with van der Waals surface area (Å²) in [4.78, 5) is 14.4. The van der Waals surface area contributed by atoms with E-state index in [4.69, 9.17) is 0 Å². The van der Waals surface area contributed by atoms with Gasteiger partial charge in [-0.05, 0) is 67.9 Å². The van der Waals surface area contributed by atoms with Crippen molar-refractivity contribution in [1.82, 2.24) is 14.5 Å². The predicted octanol–water partition coefficient (Wildman–Crippen LogP) is 2.33. The first kappa shape index (κ1) is 22.0. The number of nitrogens with zero attached hydrogens (tertiary/aromatic N) is 2. The highest BCUT2D eigenvalue weighted by atomic mass is 32.2. The third kappa shape index (κ3) is 6.66. The second-order valence-electron chi connectivity index (χ2n) is 8.59. The number of sulfonamides is 1. The maximum Gasteiger partial charge on any atom is 0.259 e. The summed E-state index contributed by atoms with van der Waals surface area (Å²) in [6, 6.07) is 8.85. The second kappa shape index (κ2) is 9.41. The SMILES string of the molecule is C[C@@H]1C[C@H]1NCC1CCN(Cc2ccc(/C=C/C(=O)N(C)S(C)(=O)=O)cc2)CC1. The van der Waals surface area contributed by atoms with E-state index in [2.05, 4.69) is 29.3 Å². The molecule has 3 rings (SSSR count). The highest BCUT2D eigenvalue weighted by Crippen LogP contribution is 2.29. The number of nitrogens with one attached hydrogen (secondary N) is 1. The molecule has 0 unspecified atom stereocenters. The fraction of sp³-hybridized carbons (Fsp3) is 0.591. The van der Waals surface area contributed by atoms with Crippen LogP contribution in [0.4, 0.5) is 0 Å². The summed E-state index contributed by atoms with van der Waals surface area (Å²) in [7, 11) is -2.26. The Balaban J connectivity index is 1.42. The molecule has 7 heteroatoms. The smallest absolute Gasteiger partial charge is 0.259 e. The zero-order valence-corrected chi connectivity index (χ0v) is 18.5. The molecule has 1 N–H and O–H groups in total. The van der Waals surface area contributed by atoms with Crippen LogP contribution in [0, 0.1) is 11.8 Å². The molecule has 1 aromatic rings. The van der Waals surface area contributed by atoms with Crippen LogP contribution in [0.3, 0.4) is 0 Å². The van der Waals surface area contributed by atoms with E-state index < -0.39 is 15.9 Å². The molecule has 1 saturated heterocycles. The van der Waals surface area contributed by atoms with Gasteiger partial charge in [-0.2, -0.15) is 0 Å². The Morgan fingerprint density at radius 2 is 1.86 bits per heavy atom. The first-order valence-corrected chi connectivity index (χ1v) is 12.3. The van der Waals surface area contributed by atoms with Gasteiger partial charge >= 0.3 is 0 Å². The second-order valence-corrected chi connectivity index (χ2v) is 10.6. The Morgan fingerprint density at radius 1 is 1.24 bits per heavy atom. The maximum atomic E-state index is 11.9. The van der Waals surface area contributed by atoms with Crippen LogP contribution in [0.5, 0.6) is 0 Å². The Labute approximate surface area is 175 Å². The summed E-state index contributed by atoms with van der Waals surface area (Å²) in [6.07, 6.45) is 7.80. The minimum Gasteiger partial charge on any atom is -0.313 e. The number of carbonyl (C=O) groups is 1. The molecule has 0 radical (unpaired) electrons. The lowest BCUT2D eigenvalue weighted by Crippen LogP contribution is -2.37. The third-order valence-electron chi connectivity index (χ3n) is 6.10. The molecule has 0 aromatic heterocycles. The van der Waals surface area contributed by atoms with Crippen molar-refractivity contribution in [3.05, 3.63) is 41.5 Å². The van der Waals surface area contributed by atoms with Gasteiger partial charge in [-0.1, -0.05) is 31.2 Å². The Bertz CT molecular complexity index is 827. The van der Waals surface area contributed by atoms with Crippen LogP contribution in [0.25, 0.3) is 6.08 Å². The number of benzene rings is 1.